The molecule has 1 aromatic carbocycles. The van der Waals surface area contributed by atoms with Crippen LogP contribution in [-0.4, -0.2) is 93.9 Å². The third kappa shape index (κ3) is 12.6. The van der Waals surface area contributed by atoms with Crippen LogP contribution >= 0.6 is 12.4 Å². The fraction of sp³-hybridized carbons (Fsp3) is 0.774. The first kappa shape index (κ1) is 37.4. The lowest BCUT2D eigenvalue weighted by atomic mass is 9.82. The molecule has 1 aromatic rings. The first-order valence-electron chi connectivity index (χ1n) is 14.8. The van der Waals surface area contributed by atoms with Crippen molar-refractivity contribution in [3.8, 4) is 11.5 Å². The molecule has 2 rings (SSSR count). The van der Waals surface area contributed by atoms with Crippen molar-refractivity contribution in [3.63, 3.8) is 0 Å². The average Bonchev–Trinajstić information content (AvgIpc) is 2.94. The van der Waals surface area contributed by atoms with Crippen LogP contribution in [0.2, 0.25) is 0 Å². The molecule has 1 aliphatic rings. The lowest BCUT2D eigenvalue weighted by Gasteiger charge is -2.41. The molecule has 0 aliphatic carbocycles. The third-order valence-electron chi connectivity index (χ3n) is 8.09. The fourth-order valence-electron chi connectivity index (χ4n) is 5.15. The number of benzene rings is 1. The molecule has 0 bridgehead atoms. The SMILES string of the molecule is COCCCOc1cc(C[C@@H](C[C@H](N)[C@@H](O)C[C@@H](C)C(=O)NCC(C)(C)N2CCOCC2)C(C)C)ccc1OC.Cl. The van der Waals surface area contributed by atoms with E-state index in [1.54, 1.807) is 14.2 Å². The summed E-state index contributed by atoms with van der Waals surface area (Å²) in [7, 11) is 3.32. The number of carbonyl (C=O) groups is 1. The number of carbonyl (C=O) groups excluding carboxylic acids is 1. The number of amides is 1. The van der Waals surface area contributed by atoms with Crippen molar-refractivity contribution in [1.82, 2.24) is 10.2 Å². The standard InChI is InChI=1S/C31H55N3O6.ClH/c1-22(2)25(18-24-9-10-28(38-7)29(19-24)40-14-8-13-37-6)20-26(32)27(35)17-23(3)30(36)33-21-31(4,5)34-11-15-39-16-12-34;/h9-10,19,22-23,25-27,35H,8,11-18,20-21,32H2,1-7H3,(H,33,36);1H/t23-,25+,26+,27+;/m1./s1. The third-order valence-corrected chi connectivity index (χ3v) is 8.09. The van der Waals surface area contributed by atoms with Gasteiger partial charge in [0.2, 0.25) is 5.91 Å². The highest BCUT2D eigenvalue weighted by molar-refractivity contribution is 5.85. The molecule has 0 unspecified atom stereocenters. The summed E-state index contributed by atoms with van der Waals surface area (Å²) in [5, 5.41) is 14.0. The lowest BCUT2D eigenvalue weighted by Crippen LogP contribution is -2.55. The Morgan fingerprint density at radius 3 is 2.41 bits per heavy atom. The van der Waals surface area contributed by atoms with Crippen LogP contribution in [0.1, 0.15) is 59.4 Å². The van der Waals surface area contributed by atoms with Crippen LogP contribution in [0.3, 0.4) is 0 Å². The van der Waals surface area contributed by atoms with Crippen LogP contribution < -0.4 is 20.5 Å². The number of nitrogens with zero attached hydrogens (tertiary/aromatic N) is 1. The van der Waals surface area contributed by atoms with Gasteiger partial charge in [-0.3, -0.25) is 9.69 Å². The molecule has 4 atom stereocenters. The number of hydrogen-bond donors (Lipinski definition) is 3. The molecule has 1 saturated heterocycles. The highest BCUT2D eigenvalue weighted by Gasteiger charge is 2.30. The highest BCUT2D eigenvalue weighted by Crippen LogP contribution is 2.31. The molecule has 0 saturated carbocycles. The Morgan fingerprint density at radius 1 is 1.12 bits per heavy atom. The molecule has 0 aromatic heterocycles. The zero-order valence-corrected chi connectivity index (χ0v) is 27.1. The van der Waals surface area contributed by atoms with E-state index < -0.39 is 12.1 Å². The van der Waals surface area contributed by atoms with Gasteiger partial charge in [-0.05, 0) is 62.6 Å². The summed E-state index contributed by atoms with van der Waals surface area (Å²) in [4.78, 5) is 15.2. The number of ether oxygens (including phenoxy) is 4. The Kier molecular flexibility index (Phi) is 17.2. The average molecular weight is 602 g/mol. The van der Waals surface area contributed by atoms with Gasteiger partial charge in [-0.1, -0.05) is 26.8 Å². The topological polar surface area (TPSA) is 116 Å². The normalized spacial score (nSPS) is 17.3. The second-order valence-corrected chi connectivity index (χ2v) is 12.1. The lowest BCUT2D eigenvalue weighted by molar-refractivity contribution is -0.126. The van der Waals surface area contributed by atoms with Crippen molar-refractivity contribution >= 4 is 18.3 Å². The van der Waals surface area contributed by atoms with E-state index in [0.717, 1.165) is 50.5 Å². The number of halogens is 1. The number of hydrogen-bond acceptors (Lipinski definition) is 8. The van der Waals surface area contributed by atoms with E-state index in [9.17, 15) is 9.90 Å². The second-order valence-electron chi connectivity index (χ2n) is 12.1. The van der Waals surface area contributed by atoms with Crippen molar-refractivity contribution < 1.29 is 28.8 Å². The monoisotopic (exact) mass is 601 g/mol. The molecule has 1 fully saturated rings. The number of methoxy groups -OCH3 is 2. The summed E-state index contributed by atoms with van der Waals surface area (Å²) in [6, 6.07) is 5.61. The molecule has 41 heavy (non-hydrogen) atoms. The van der Waals surface area contributed by atoms with Gasteiger partial charge in [-0.25, -0.2) is 0 Å². The van der Waals surface area contributed by atoms with Crippen molar-refractivity contribution in [3.05, 3.63) is 23.8 Å². The van der Waals surface area contributed by atoms with Gasteiger partial charge in [0.15, 0.2) is 11.5 Å². The largest absolute Gasteiger partial charge is 0.493 e. The summed E-state index contributed by atoms with van der Waals surface area (Å²) < 4.78 is 22.0. The van der Waals surface area contributed by atoms with E-state index in [0.29, 0.717) is 44.3 Å². The fourth-order valence-corrected chi connectivity index (χ4v) is 5.15. The van der Waals surface area contributed by atoms with Crippen LogP contribution in [0, 0.1) is 17.8 Å². The molecule has 0 radical (unpaired) electrons. The van der Waals surface area contributed by atoms with Crippen molar-refractivity contribution in [2.45, 2.75) is 78.0 Å². The Labute approximate surface area is 254 Å². The van der Waals surface area contributed by atoms with Crippen LogP contribution in [0.5, 0.6) is 11.5 Å². The quantitative estimate of drug-likeness (QED) is 0.218. The Morgan fingerprint density at radius 2 is 1.80 bits per heavy atom. The first-order chi connectivity index (χ1) is 19.0. The summed E-state index contributed by atoms with van der Waals surface area (Å²) in [5.74, 6) is 1.67. The number of nitrogens with two attached hydrogens (primary N) is 1. The zero-order valence-electron chi connectivity index (χ0n) is 26.3. The smallest absolute Gasteiger partial charge is 0.222 e. The van der Waals surface area contributed by atoms with Crippen LogP contribution in [0.25, 0.3) is 0 Å². The number of rotatable bonds is 18. The maximum Gasteiger partial charge on any atom is 0.222 e. The molecule has 10 heteroatoms. The number of nitrogens with one attached hydrogen (secondary N) is 1. The summed E-state index contributed by atoms with van der Waals surface area (Å²) in [5.41, 5.74) is 7.49. The molecule has 238 valence electrons. The van der Waals surface area contributed by atoms with E-state index in [1.165, 1.54) is 0 Å². The summed E-state index contributed by atoms with van der Waals surface area (Å²) >= 11 is 0. The maximum absolute atomic E-state index is 12.9. The molecule has 4 N–H and O–H groups in total. The second kappa shape index (κ2) is 18.8. The van der Waals surface area contributed by atoms with Gasteiger partial charge in [-0.2, -0.15) is 0 Å². The van der Waals surface area contributed by atoms with Crippen molar-refractivity contribution in [1.29, 1.82) is 0 Å². The van der Waals surface area contributed by atoms with E-state index in [2.05, 4.69) is 44.0 Å². The van der Waals surface area contributed by atoms with Gasteiger partial charge >= 0.3 is 0 Å². The van der Waals surface area contributed by atoms with Gasteiger partial charge in [-0.15, -0.1) is 12.4 Å². The molecule has 1 aliphatic heterocycles. The Hall–Kier alpha value is -1.62. The number of aliphatic hydroxyl groups excluding tert-OH is 1. The highest BCUT2D eigenvalue weighted by atomic mass is 35.5. The van der Waals surface area contributed by atoms with Crippen LogP contribution in [0.4, 0.5) is 0 Å². The van der Waals surface area contributed by atoms with Gasteiger partial charge in [0, 0.05) is 57.3 Å². The molecule has 9 nitrogen and oxygen atoms in total. The van der Waals surface area contributed by atoms with Gasteiger partial charge < -0.3 is 35.1 Å². The molecule has 1 amide bonds. The maximum atomic E-state index is 12.9. The van der Waals surface area contributed by atoms with Crippen molar-refractivity contribution in [2.75, 3.05) is 60.3 Å². The first-order valence-corrected chi connectivity index (χ1v) is 14.8. The number of aliphatic hydroxyl groups is 1. The van der Waals surface area contributed by atoms with Crippen LogP contribution in [0.15, 0.2) is 18.2 Å². The minimum Gasteiger partial charge on any atom is -0.493 e. The number of morpholine rings is 1. The Balaban J connectivity index is 0.00000840. The molecule has 1 heterocycles. The summed E-state index contributed by atoms with van der Waals surface area (Å²) in [6.07, 6.45) is 1.84. The van der Waals surface area contributed by atoms with Gasteiger partial charge in [0.25, 0.3) is 0 Å². The summed E-state index contributed by atoms with van der Waals surface area (Å²) in [6.45, 7) is 15.4. The van der Waals surface area contributed by atoms with Crippen LogP contribution in [-0.2, 0) is 20.7 Å². The molecule has 0 spiro atoms. The minimum atomic E-state index is -0.759. The minimum absolute atomic E-state index is 0. The van der Waals surface area contributed by atoms with Crippen molar-refractivity contribution in [2.24, 2.45) is 23.5 Å². The molecular formula is C31H56ClN3O6. The van der Waals surface area contributed by atoms with E-state index in [1.807, 2.05) is 19.1 Å². The van der Waals surface area contributed by atoms with Gasteiger partial charge in [0.1, 0.15) is 0 Å². The van der Waals surface area contributed by atoms with Gasteiger partial charge in [0.05, 0.1) is 33.0 Å². The predicted octanol–water partition coefficient (Wildman–Crippen LogP) is 3.68. The Bertz CT molecular complexity index is 881. The molecular weight excluding hydrogens is 546 g/mol. The predicted molar refractivity (Wildman–Crippen MR) is 166 cm³/mol. The van der Waals surface area contributed by atoms with E-state index >= 15 is 0 Å². The van der Waals surface area contributed by atoms with E-state index in [4.69, 9.17) is 24.7 Å². The van der Waals surface area contributed by atoms with E-state index in [-0.39, 0.29) is 35.7 Å². The zero-order chi connectivity index (χ0) is 29.7.